The maximum Gasteiger partial charge on any atom is 0.194 e. The minimum absolute atomic E-state index is 0.0116. The topological polar surface area (TPSA) is 26.0 Å². The molecule has 1 saturated carbocycles. The SMILES string of the molecule is CC1(c2ccc(F)c(F)c2F)CCC(N)C1. The smallest absolute Gasteiger partial charge is 0.194 e. The Kier molecular flexibility index (Phi) is 2.70. The first kappa shape index (κ1) is 11.5. The van der Waals surface area contributed by atoms with Gasteiger partial charge < -0.3 is 5.73 Å². The maximum absolute atomic E-state index is 13.6. The lowest BCUT2D eigenvalue weighted by Crippen LogP contribution is -2.24. The number of nitrogens with two attached hydrogens (primary N) is 1. The van der Waals surface area contributed by atoms with Crippen molar-refractivity contribution in [2.24, 2.45) is 5.73 Å². The number of hydrogen-bond donors (Lipinski definition) is 1. The molecule has 0 heterocycles. The molecule has 1 nitrogen and oxygen atoms in total. The van der Waals surface area contributed by atoms with E-state index in [2.05, 4.69) is 0 Å². The van der Waals surface area contributed by atoms with E-state index in [-0.39, 0.29) is 11.6 Å². The molecule has 4 heteroatoms. The largest absolute Gasteiger partial charge is 0.328 e. The van der Waals surface area contributed by atoms with E-state index < -0.39 is 22.9 Å². The molecular weight excluding hydrogens is 215 g/mol. The Morgan fingerprint density at radius 3 is 2.50 bits per heavy atom. The summed E-state index contributed by atoms with van der Waals surface area (Å²) in [6.07, 6.45) is 2.10. The summed E-state index contributed by atoms with van der Waals surface area (Å²) in [6.45, 7) is 1.84. The molecule has 0 aromatic heterocycles. The van der Waals surface area contributed by atoms with Gasteiger partial charge in [0.2, 0.25) is 0 Å². The summed E-state index contributed by atoms with van der Waals surface area (Å²) >= 11 is 0. The van der Waals surface area contributed by atoms with E-state index in [1.807, 2.05) is 6.92 Å². The maximum atomic E-state index is 13.6. The molecule has 0 bridgehead atoms. The Balaban J connectivity index is 2.45. The highest BCUT2D eigenvalue weighted by molar-refractivity contribution is 5.29. The molecule has 1 aliphatic carbocycles. The first-order valence-electron chi connectivity index (χ1n) is 5.33. The van der Waals surface area contributed by atoms with E-state index in [4.69, 9.17) is 5.73 Å². The molecule has 0 amide bonds. The van der Waals surface area contributed by atoms with Crippen molar-refractivity contribution in [2.45, 2.75) is 37.6 Å². The van der Waals surface area contributed by atoms with Gasteiger partial charge in [-0.2, -0.15) is 0 Å². The van der Waals surface area contributed by atoms with Gasteiger partial charge in [-0.15, -0.1) is 0 Å². The van der Waals surface area contributed by atoms with Gasteiger partial charge in [0, 0.05) is 6.04 Å². The number of rotatable bonds is 1. The third-order valence-corrected chi connectivity index (χ3v) is 3.47. The van der Waals surface area contributed by atoms with Crippen molar-refractivity contribution in [3.63, 3.8) is 0 Å². The summed E-state index contributed by atoms with van der Waals surface area (Å²) in [5, 5.41) is 0. The Morgan fingerprint density at radius 1 is 1.25 bits per heavy atom. The van der Waals surface area contributed by atoms with E-state index in [0.717, 1.165) is 12.5 Å². The van der Waals surface area contributed by atoms with Crippen LogP contribution in [0, 0.1) is 17.5 Å². The normalized spacial score (nSPS) is 29.7. The average molecular weight is 229 g/mol. The molecule has 2 rings (SSSR count). The van der Waals surface area contributed by atoms with E-state index >= 15 is 0 Å². The molecule has 0 radical (unpaired) electrons. The highest BCUT2D eigenvalue weighted by Gasteiger charge is 2.37. The Bertz CT molecular complexity index is 419. The van der Waals surface area contributed by atoms with Gasteiger partial charge in [0.25, 0.3) is 0 Å². The van der Waals surface area contributed by atoms with Crippen molar-refractivity contribution in [1.82, 2.24) is 0 Å². The Labute approximate surface area is 92.5 Å². The van der Waals surface area contributed by atoms with Crippen molar-refractivity contribution in [2.75, 3.05) is 0 Å². The third-order valence-electron chi connectivity index (χ3n) is 3.47. The van der Waals surface area contributed by atoms with Gasteiger partial charge in [0.05, 0.1) is 0 Å². The molecule has 1 aromatic rings. The van der Waals surface area contributed by atoms with Crippen LogP contribution >= 0.6 is 0 Å². The third kappa shape index (κ3) is 1.71. The second kappa shape index (κ2) is 3.77. The molecule has 2 atom stereocenters. The molecule has 88 valence electrons. The Hall–Kier alpha value is -1.03. The molecule has 16 heavy (non-hydrogen) atoms. The van der Waals surface area contributed by atoms with Gasteiger partial charge in [-0.3, -0.25) is 0 Å². The lowest BCUT2D eigenvalue weighted by molar-refractivity contribution is 0.402. The highest BCUT2D eigenvalue weighted by atomic mass is 19.2. The van der Waals surface area contributed by atoms with Crippen LogP contribution in [0.4, 0.5) is 13.2 Å². The van der Waals surface area contributed by atoms with Crippen LogP contribution in [-0.2, 0) is 5.41 Å². The average Bonchev–Trinajstić information content (AvgIpc) is 2.56. The van der Waals surface area contributed by atoms with Crippen molar-refractivity contribution in [1.29, 1.82) is 0 Å². The fraction of sp³-hybridized carbons (Fsp3) is 0.500. The predicted octanol–water partition coefficient (Wildman–Crippen LogP) is 2.87. The monoisotopic (exact) mass is 229 g/mol. The molecule has 2 unspecified atom stereocenters. The van der Waals surface area contributed by atoms with Crippen LogP contribution in [0.5, 0.6) is 0 Å². The number of halogens is 3. The summed E-state index contributed by atoms with van der Waals surface area (Å²) in [5.74, 6) is -3.61. The molecule has 0 spiro atoms. The summed E-state index contributed by atoms with van der Waals surface area (Å²) in [7, 11) is 0. The molecule has 1 fully saturated rings. The van der Waals surface area contributed by atoms with Crippen LogP contribution in [0.3, 0.4) is 0 Å². The Morgan fingerprint density at radius 2 is 1.94 bits per heavy atom. The molecule has 2 N–H and O–H groups in total. The lowest BCUT2D eigenvalue weighted by Gasteiger charge is -2.25. The van der Waals surface area contributed by atoms with Crippen LogP contribution < -0.4 is 5.73 Å². The van der Waals surface area contributed by atoms with Crippen molar-refractivity contribution >= 4 is 0 Å². The molecule has 1 aliphatic rings. The van der Waals surface area contributed by atoms with E-state index in [0.29, 0.717) is 12.8 Å². The van der Waals surface area contributed by atoms with Crippen molar-refractivity contribution in [3.05, 3.63) is 35.1 Å². The second-order valence-electron chi connectivity index (χ2n) is 4.79. The van der Waals surface area contributed by atoms with Crippen LogP contribution in [0.1, 0.15) is 31.7 Å². The number of hydrogen-bond acceptors (Lipinski definition) is 1. The van der Waals surface area contributed by atoms with Crippen LogP contribution in [0.2, 0.25) is 0 Å². The van der Waals surface area contributed by atoms with E-state index in [9.17, 15) is 13.2 Å². The van der Waals surface area contributed by atoms with Gasteiger partial charge in [-0.05, 0) is 36.3 Å². The highest BCUT2D eigenvalue weighted by Crippen LogP contribution is 2.41. The zero-order valence-corrected chi connectivity index (χ0v) is 9.06. The summed E-state index contributed by atoms with van der Waals surface area (Å²) < 4.78 is 39.6. The molecular formula is C12H14F3N. The fourth-order valence-corrected chi connectivity index (χ4v) is 2.52. The summed E-state index contributed by atoms with van der Waals surface area (Å²) in [4.78, 5) is 0. The summed E-state index contributed by atoms with van der Waals surface area (Å²) in [6, 6.07) is 2.31. The fourth-order valence-electron chi connectivity index (χ4n) is 2.52. The van der Waals surface area contributed by atoms with Crippen LogP contribution in [-0.4, -0.2) is 6.04 Å². The van der Waals surface area contributed by atoms with Crippen LogP contribution in [0.25, 0.3) is 0 Å². The molecule has 0 saturated heterocycles. The standard InChI is InChI=1S/C12H14F3N/c1-12(5-4-7(16)6-12)8-2-3-9(13)11(15)10(8)14/h2-3,7H,4-6,16H2,1H3. The van der Waals surface area contributed by atoms with Gasteiger partial charge in [-0.25, -0.2) is 13.2 Å². The van der Waals surface area contributed by atoms with Gasteiger partial charge in [-0.1, -0.05) is 13.0 Å². The first-order chi connectivity index (χ1) is 7.44. The van der Waals surface area contributed by atoms with Crippen molar-refractivity contribution in [3.8, 4) is 0 Å². The van der Waals surface area contributed by atoms with Gasteiger partial charge in [0.15, 0.2) is 17.5 Å². The van der Waals surface area contributed by atoms with E-state index in [1.54, 1.807) is 0 Å². The minimum Gasteiger partial charge on any atom is -0.328 e. The van der Waals surface area contributed by atoms with Gasteiger partial charge >= 0.3 is 0 Å². The molecule has 1 aromatic carbocycles. The second-order valence-corrected chi connectivity index (χ2v) is 4.79. The predicted molar refractivity (Wildman–Crippen MR) is 55.5 cm³/mol. The minimum atomic E-state index is -1.39. The van der Waals surface area contributed by atoms with Gasteiger partial charge in [0.1, 0.15) is 0 Å². The zero-order valence-electron chi connectivity index (χ0n) is 9.06. The molecule has 0 aliphatic heterocycles. The quantitative estimate of drug-likeness (QED) is 0.736. The zero-order chi connectivity index (χ0) is 11.9. The first-order valence-corrected chi connectivity index (χ1v) is 5.33. The van der Waals surface area contributed by atoms with Crippen molar-refractivity contribution < 1.29 is 13.2 Å². The summed E-state index contributed by atoms with van der Waals surface area (Å²) in [5.41, 5.74) is 5.54. The van der Waals surface area contributed by atoms with Crippen LogP contribution in [0.15, 0.2) is 12.1 Å². The van der Waals surface area contributed by atoms with E-state index in [1.165, 1.54) is 6.07 Å². The number of benzene rings is 1. The lowest BCUT2D eigenvalue weighted by atomic mass is 9.80.